The number of aliphatic hydroxyl groups excluding tert-OH is 1. The number of nitrogens with one attached hydrogen (secondary N) is 1. The number of halogens is 1. The molecule has 0 spiro atoms. The molecule has 0 aliphatic heterocycles. The molecule has 2 N–H and O–H groups in total. The summed E-state index contributed by atoms with van der Waals surface area (Å²) in [6.07, 6.45) is 0. The Bertz CT molecular complexity index is 723. The third-order valence-electron chi connectivity index (χ3n) is 3.07. The first-order chi connectivity index (χ1) is 9.83. The Balaban J connectivity index is 2.24. The van der Waals surface area contributed by atoms with E-state index in [4.69, 9.17) is 16.7 Å². The topological polar surface area (TPSA) is 66.4 Å². The predicted molar refractivity (Wildman–Crippen MR) is 85.2 cm³/mol. The van der Waals surface area contributed by atoms with Gasteiger partial charge in [0.05, 0.1) is 11.5 Å². The lowest BCUT2D eigenvalue weighted by molar-refractivity contribution is 0.285. The fraction of sp³-hybridized carbons (Fsp3) is 0.286. The maximum absolute atomic E-state index is 12.4. The Morgan fingerprint density at radius 1 is 1.33 bits per heavy atom. The molecule has 2 rings (SSSR count). The van der Waals surface area contributed by atoms with E-state index in [-0.39, 0.29) is 17.5 Å². The Labute approximate surface area is 133 Å². The molecule has 2 aromatic rings. The highest BCUT2D eigenvalue weighted by molar-refractivity contribution is 7.89. The molecule has 1 aromatic carbocycles. The monoisotopic (exact) mass is 345 g/mol. The summed E-state index contributed by atoms with van der Waals surface area (Å²) in [5.74, 6) is 0. The molecule has 0 saturated heterocycles. The number of aliphatic hydroxyl groups is 1. The van der Waals surface area contributed by atoms with Crippen LogP contribution in [-0.2, 0) is 16.6 Å². The van der Waals surface area contributed by atoms with Gasteiger partial charge in [0.1, 0.15) is 0 Å². The van der Waals surface area contributed by atoms with E-state index in [1.807, 2.05) is 0 Å². The smallest absolute Gasteiger partial charge is 0.242 e. The summed E-state index contributed by atoms with van der Waals surface area (Å²) in [5, 5.41) is 9.72. The van der Waals surface area contributed by atoms with Gasteiger partial charge in [-0.05, 0) is 37.6 Å². The van der Waals surface area contributed by atoms with Crippen LogP contribution in [0, 0.1) is 6.92 Å². The van der Waals surface area contributed by atoms with Crippen molar-refractivity contribution < 1.29 is 13.5 Å². The van der Waals surface area contributed by atoms with Gasteiger partial charge < -0.3 is 5.11 Å². The quantitative estimate of drug-likeness (QED) is 0.874. The van der Waals surface area contributed by atoms with Crippen molar-refractivity contribution in [2.75, 3.05) is 0 Å². The van der Waals surface area contributed by atoms with Gasteiger partial charge >= 0.3 is 0 Å². The lowest BCUT2D eigenvalue weighted by Crippen LogP contribution is -2.27. The van der Waals surface area contributed by atoms with Gasteiger partial charge in [0.25, 0.3) is 0 Å². The van der Waals surface area contributed by atoms with Crippen LogP contribution in [0.25, 0.3) is 0 Å². The van der Waals surface area contributed by atoms with Gasteiger partial charge in [-0.1, -0.05) is 23.7 Å². The molecule has 0 saturated carbocycles. The van der Waals surface area contributed by atoms with Crippen LogP contribution in [-0.4, -0.2) is 13.5 Å². The first-order valence-electron chi connectivity index (χ1n) is 6.31. The Kier molecular flexibility index (Phi) is 5.06. The van der Waals surface area contributed by atoms with Gasteiger partial charge in [0.15, 0.2) is 0 Å². The third kappa shape index (κ3) is 3.84. The van der Waals surface area contributed by atoms with Crippen molar-refractivity contribution in [3.63, 3.8) is 0 Å². The number of hydrogen-bond acceptors (Lipinski definition) is 4. The second kappa shape index (κ2) is 6.46. The maximum atomic E-state index is 12.4. The van der Waals surface area contributed by atoms with Gasteiger partial charge in [-0.15, -0.1) is 11.3 Å². The van der Waals surface area contributed by atoms with Crippen molar-refractivity contribution in [3.05, 3.63) is 50.7 Å². The van der Waals surface area contributed by atoms with Crippen LogP contribution in [0.1, 0.15) is 28.3 Å². The molecule has 1 unspecified atom stereocenters. The zero-order valence-electron chi connectivity index (χ0n) is 11.6. The Hall–Kier alpha value is -0.920. The zero-order chi connectivity index (χ0) is 15.6. The molecule has 1 heterocycles. The summed E-state index contributed by atoms with van der Waals surface area (Å²) in [4.78, 5) is 1.51. The first kappa shape index (κ1) is 16.5. The van der Waals surface area contributed by atoms with E-state index in [0.29, 0.717) is 14.8 Å². The van der Waals surface area contributed by atoms with Crippen LogP contribution in [0.4, 0.5) is 0 Å². The van der Waals surface area contributed by atoms with Crippen LogP contribution < -0.4 is 4.72 Å². The molecular formula is C14H16ClNO3S2. The third-order valence-corrected chi connectivity index (χ3v) is 6.15. The van der Waals surface area contributed by atoms with Crippen LogP contribution >= 0.6 is 22.9 Å². The first-order valence-corrected chi connectivity index (χ1v) is 8.99. The van der Waals surface area contributed by atoms with E-state index in [9.17, 15) is 8.42 Å². The number of benzene rings is 1. The molecule has 1 aromatic heterocycles. The number of rotatable bonds is 5. The van der Waals surface area contributed by atoms with Gasteiger partial charge in [0.2, 0.25) is 10.0 Å². The molecule has 21 heavy (non-hydrogen) atoms. The summed E-state index contributed by atoms with van der Waals surface area (Å²) in [5.41, 5.74) is 0.832. The van der Waals surface area contributed by atoms with Crippen LogP contribution in [0.5, 0.6) is 0 Å². The Morgan fingerprint density at radius 3 is 2.48 bits per heavy atom. The van der Waals surface area contributed by atoms with E-state index in [1.54, 1.807) is 38.1 Å². The van der Waals surface area contributed by atoms with E-state index in [1.165, 1.54) is 17.4 Å². The number of sulfonamides is 1. The van der Waals surface area contributed by atoms with Crippen LogP contribution in [0.15, 0.2) is 35.2 Å². The highest BCUT2D eigenvalue weighted by atomic mass is 35.5. The molecule has 0 aliphatic rings. The van der Waals surface area contributed by atoms with E-state index < -0.39 is 10.0 Å². The molecule has 0 amide bonds. The van der Waals surface area contributed by atoms with Crippen molar-refractivity contribution in [3.8, 4) is 0 Å². The van der Waals surface area contributed by atoms with Crippen LogP contribution in [0.3, 0.4) is 0 Å². The lowest BCUT2D eigenvalue weighted by atomic mass is 10.1. The number of thiophene rings is 1. The Morgan fingerprint density at radius 2 is 1.95 bits per heavy atom. The summed E-state index contributed by atoms with van der Waals surface area (Å²) >= 11 is 7.10. The second-order valence-electron chi connectivity index (χ2n) is 4.69. The standard InChI is InChI=1S/C14H16ClNO3S2/c1-9(11-3-5-12(15)6-4-11)16-21(18,19)14-7-13(8-17)20-10(14)2/h3-7,9,16-17H,8H2,1-2H3. The second-order valence-corrected chi connectivity index (χ2v) is 8.15. The summed E-state index contributed by atoms with van der Waals surface area (Å²) in [7, 11) is -3.62. The molecule has 0 fully saturated rings. The number of aryl methyl sites for hydroxylation is 1. The van der Waals surface area contributed by atoms with Crippen molar-refractivity contribution in [2.24, 2.45) is 0 Å². The molecule has 114 valence electrons. The molecule has 1 atom stereocenters. The molecular weight excluding hydrogens is 330 g/mol. The minimum Gasteiger partial charge on any atom is -0.391 e. The largest absolute Gasteiger partial charge is 0.391 e. The van der Waals surface area contributed by atoms with E-state index in [0.717, 1.165) is 5.56 Å². The van der Waals surface area contributed by atoms with Crippen molar-refractivity contribution in [1.29, 1.82) is 0 Å². The molecule has 4 nitrogen and oxygen atoms in total. The van der Waals surface area contributed by atoms with E-state index in [2.05, 4.69) is 4.72 Å². The maximum Gasteiger partial charge on any atom is 0.242 e. The SMILES string of the molecule is Cc1sc(CO)cc1S(=O)(=O)NC(C)c1ccc(Cl)cc1. The molecule has 0 bridgehead atoms. The predicted octanol–water partition coefficient (Wildman–Crippen LogP) is 3.24. The molecule has 0 aliphatic carbocycles. The fourth-order valence-corrected chi connectivity index (χ4v) is 4.84. The van der Waals surface area contributed by atoms with Crippen molar-refractivity contribution in [1.82, 2.24) is 4.72 Å². The fourth-order valence-electron chi connectivity index (χ4n) is 1.98. The summed E-state index contributed by atoms with van der Waals surface area (Å²) < 4.78 is 27.5. The molecule has 0 radical (unpaired) electrons. The van der Waals surface area contributed by atoms with Crippen molar-refractivity contribution in [2.45, 2.75) is 31.4 Å². The normalized spacial score (nSPS) is 13.3. The van der Waals surface area contributed by atoms with Crippen molar-refractivity contribution >= 4 is 33.0 Å². The minimum absolute atomic E-state index is 0.159. The van der Waals surface area contributed by atoms with Gasteiger partial charge in [-0.25, -0.2) is 13.1 Å². The van der Waals surface area contributed by atoms with E-state index >= 15 is 0 Å². The number of hydrogen-bond donors (Lipinski definition) is 2. The summed E-state index contributed by atoms with van der Waals surface area (Å²) in [6.45, 7) is 3.34. The highest BCUT2D eigenvalue weighted by Gasteiger charge is 2.22. The zero-order valence-corrected chi connectivity index (χ0v) is 14.0. The minimum atomic E-state index is -3.62. The van der Waals surface area contributed by atoms with Gasteiger partial charge in [0, 0.05) is 20.8 Å². The lowest BCUT2D eigenvalue weighted by Gasteiger charge is -2.14. The summed E-state index contributed by atoms with van der Waals surface area (Å²) in [6, 6.07) is 8.16. The van der Waals surface area contributed by atoms with Gasteiger partial charge in [-0.2, -0.15) is 0 Å². The average Bonchev–Trinajstić information content (AvgIpc) is 2.81. The average molecular weight is 346 g/mol. The highest BCUT2D eigenvalue weighted by Crippen LogP contribution is 2.27. The molecule has 7 heteroatoms. The van der Waals surface area contributed by atoms with Gasteiger partial charge in [-0.3, -0.25) is 0 Å². The van der Waals surface area contributed by atoms with Crippen LogP contribution in [0.2, 0.25) is 5.02 Å².